The van der Waals surface area contributed by atoms with Crippen molar-refractivity contribution in [2.24, 2.45) is 5.73 Å². The van der Waals surface area contributed by atoms with Gasteiger partial charge in [0.15, 0.2) is 0 Å². The second-order valence-corrected chi connectivity index (χ2v) is 4.51. The van der Waals surface area contributed by atoms with Gasteiger partial charge in [-0.25, -0.2) is 0 Å². The molecule has 0 fully saturated rings. The summed E-state index contributed by atoms with van der Waals surface area (Å²) < 4.78 is 0. The molecule has 0 unspecified atom stereocenters. The van der Waals surface area contributed by atoms with E-state index in [0.29, 0.717) is 6.42 Å². The third kappa shape index (κ3) is 15.4. The van der Waals surface area contributed by atoms with Gasteiger partial charge in [0.1, 0.15) is 0 Å². The van der Waals surface area contributed by atoms with E-state index in [-0.39, 0.29) is 0 Å². The summed E-state index contributed by atoms with van der Waals surface area (Å²) in [7, 11) is 0. The van der Waals surface area contributed by atoms with Crippen LogP contribution in [-0.2, 0) is 4.79 Å². The number of aliphatic carboxylic acids is 1. The number of carboxylic acids is 1. The Bertz CT molecular complexity index is 175. The van der Waals surface area contributed by atoms with Gasteiger partial charge in [0.25, 0.3) is 0 Å². The van der Waals surface area contributed by atoms with E-state index >= 15 is 0 Å². The highest BCUT2D eigenvalue weighted by molar-refractivity contribution is 5.66. The van der Waals surface area contributed by atoms with Gasteiger partial charge in [-0.05, 0) is 45.3 Å². The van der Waals surface area contributed by atoms with Crippen molar-refractivity contribution in [1.29, 1.82) is 0 Å². The fourth-order valence-electron chi connectivity index (χ4n) is 1.75. The zero-order chi connectivity index (χ0) is 12.8. The van der Waals surface area contributed by atoms with Crippen molar-refractivity contribution < 1.29 is 9.90 Å². The van der Waals surface area contributed by atoms with Gasteiger partial charge in [-0.1, -0.05) is 25.7 Å². The quantitative estimate of drug-likeness (QED) is 0.434. The summed E-state index contributed by atoms with van der Waals surface area (Å²) >= 11 is 0. The van der Waals surface area contributed by atoms with Gasteiger partial charge in [0, 0.05) is 6.42 Å². The highest BCUT2D eigenvalue weighted by Crippen LogP contribution is 2.02. The Labute approximate surface area is 105 Å². The number of carbonyl (C=O) groups is 1. The van der Waals surface area contributed by atoms with E-state index < -0.39 is 5.97 Å². The molecule has 0 aliphatic heterocycles. The van der Waals surface area contributed by atoms with Gasteiger partial charge >= 0.3 is 5.97 Å². The molecule has 0 atom stereocenters. The molecule has 4 nitrogen and oxygen atoms in total. The van der Waals surface area contributed by atoms with E-state index in [2.05, 4.69) is 5.32 Å². The van der Waals surface area contributed by atoms with Crippen LogP contribution in [0.25, 0.3) is 0 Å². The van der Waals surface area contributed by atoms with Gasteiger partial charge in [0.05, 0.1) is 0 Å². The fourth-order valence-corrected chi connectivity index (χ4v) is 1.75. The van der Waals surface area contributed by atoms with Crippen LogP contribution in [0.5, 0.6) is 0 Å². The zero-order valence-corrected chi connectivity index (χ0v) is 10.9. The van der Waals surface area contributed by atoms with Gasteiger partial charge in [0.2, 0.25) is 0 Å². The maximum absolute atomic E-state index is 10.3. The number of nitrogens with two attached hydrogens (primary N) is 1. The lowest BCUT2D eigenvalue weighted by Crippen LogP contribution is -2.16. The Hall–Kier alpha value is -0.610. The normalized spacial score (nSPS) is 10.6. The fraction of sp³-hybridized carbons (Fsp3) is 0.923. The lowest BCUT2D eigenvalue weighted by molar-refractivity contribution is -0.137. The molecule has 0 spiro atoms. The topological polar surface area (TPSA) is 75.3 Å². The number of carboxylic acid groups (broad SMARTS) is 1. The molecule has 0 radical (unpaired) electrons. The Morgan fingerprint density at radius 1 is 0.882 bits per heavy atom. The summed E-state index contributed by atoms with van der Waals surface area (Å²) in [6, 6.07) is 0. The molecular weight excluding hydrogens is 216 g/mol. The monoisotopic (exact) mass is 244 g/mol. The summed E-state index contributed by atoms with van der Waals surface area (Å²) in [4.78, 5) is 10.3. The number of nitrogens with one attached hydrogen (secondary N) is 1. The van der Waals surface area contributed by atoms with Crippen LogP contribution >= 0.6 is 0 Å². The van der Waals surface area contributed by atoms with Crippen molar-refractivity contribution in [2.45, 2.75) is 57.8 Å². The first-order chi connectivity index (χ1) is 8.27. The number of unbranched alkanes of at least 4 members (excludes halogenated alkanes) is 6. The lowest BCUT2D eigenvalue weighted by atomic mass is 10.1. The highest BCUT2D eigenvalue weighted by Gasteiger charge is 1.96. The van der Waals surface area contributed by atoms with Gasteiger partial charge in [-0.15, -0.1) is 0 Å². The molecule has 0 rings (SSSR count). The third-order valence-corrected chi connectivity index (χ3v) is 2.80. The molecule has 0 aromatic rings. The number of rotatable bonds is 13. The lowest BCUT2D eigenvalue weighted by Gasteiger charge is -2.04. The van der Waals surface area contributed by atoms with Crippen LogP contribution in [0.3, 0.4) is 0 Å². The molecule has 0 bridgehead atoms. The smallest absolute Gasteiger partial charge is 0.303 e. The summed E-state index contributed by atoms with van der Waals surface area (Å²) in [5.41, 5.74) is 5.42. The molecule has 4 heteroatoms. The van der Waals surface area contributed by atoms with E-state index in [0.717, 1.165) is 51.7 Å². The highest BCUT2D eigenvalue weighted by atomic mass is 16.4. The minimum absolute atomic E-state index is 0.314. The van der Waals surface area contributed by atoms with Crippen LogP contribution < -0.4 is 11.1 Å². The van der Waals surface area contributed by atoms with Crippen LogP contribution in [0.15, 0.2) is 0 Å². The molecule has 0 amide bonds. The molecule has 0 aromatic carbocycles. The van der Waals surface area contributed by atoms with Crippen molar-refractivity contribution in [1.82, 2.24) is 5.32 Å². The maximum atomic E-state index is 10.3. The van der Waals surface area contributed by atoms with E-state index in [1.807, 2.05) is 0 Å². The molecule has 0 saturated heterocycles. The third-order valence-electron chi connectivity index (χ3n) is 2.80. The molecule has 0 heterocycles. The van der Waals surface area contributed by atoms with E-state index in [1.54, 1.807) is 0 Å². The second-order valence-electron chi connectivity index (χ2n) is 4.51. The SMILES string of the molecule is NCCCCCCNCCCCCCC(=O)O. The van der Waals surface area contributed by atoms with Crippen molar-refractivity contribution in [3.05, 3.63) is 0 Å². The van der Waals surface area contributed by atoms with Crippen molar-refractivity contribution >= 4 is 5.97 Å². The van der Waals surface area contributed by atoms with E-state index in [4.69, 9.17) is 10.8 Å². The minimum Gasteiger partial charge on any atom is -0.481 e. The van der Waals surface area contributed by atoms with Crippen LogP contribution in [0.4, 0.5) is 0 Å². The van der Waals surface area contributed by atoms with Gasteiger partial charge < -0.3 is 16.2 Å². The van der Waals surface area contributed by atoms with Crippen LogP contribution in [-0.4, -0.2) is 30.7 Å². The maximum Gasteiger partial charge on any atom is 0.303 e. The first-order valence-corrected chi connectivity index (χ1v) is 6.90. The van der Waals surface area contributed by atoms with Crippen LogP contribution in [0.1, 0.15) is 57.8 Å². The molecule has 0 aliphatic rings. The minimum atomic E-state index is -0.680. The summed E-state index contributed by atoms with van der Waals surface area (Å²) in [5, 5.41) is 11.9. The van der Waals surface area contributed by atoms with Crippen molar-refractivity contribution in [3.8, 4) is 0 Å². The largest absolute Gasteiger partial charge is 0.481 e. The van der Waals surface area contributed by atoms with Crippen LogP contribution in [0, 0.1) is 0 Å². The first-order valence-electron chi connectivity index (χ1n) is 6.90. The predicted octanol–water partition coefficient (Wildman–Crippen LogP) is 2.13. The van der Waals surface area contributed by atoms with Crippen LogP contribution in [0.2, 0.25) is 0 Å². The zero-order valence-electron chi connectivity index (χ0n) is 10.9. The Kier molecular flexibility index (Phi) is 13.0. The molecule has 17 heavy (non-hydrogen) atoms. The summed E-state index contributed by atoms with van der Waals surface area (Å²) in [6.45, 7) is 2.97. The summed E-state index contributed by atoms with van der Waals surface area (Å²) in [6.07, 6.45) is 9.34. The molecule has 0 aromatic heterocycles. The average Bonchev–Trinajstić information content (AvgIpc) is 2.30. The van der Waals surface area contributed by atoms with E-state index in [9.17, 15) is 4.79 Å². The Morgan fingerprint density at radius 3 is 1.94 bits per heavy atom. The molecule has 0 aliphatic carbocycles. The first kappa shape index (κ1) is 16.4. The Balaban J connectivity index is 2.91. The number of hydrogen-bond acceptors (Lipinski definition) is 3. The van der Waals surface area contributed by atoms with Gasteiger partial charge in [-0.3, -0.25) is 4.79 Å². The average molecular weight is 244 g/mol. The standard InChI is InChI=1S/C13H28N2O2/c14-10-6-2-4-8-12-15-11-7-3-1-5-9-13(16)17/h15H,1-12,14H2,(H,16,17). The van der Waals surface area contributed by atoms with Crippen molar-refractivity contribution in [3.63, 3.8) is 0 Å². The molecular formula is C13H28N2O2. The van der Waals surface area contributed by atoms with Gasteiger partial charge in [-0.2, -0.15) is 0 Å². The second kappa shape index (κ2) is 13.5. The molecule has 102 valence electrons. The van der Waals surface area contributed by atoms with Crippen molar-refractivity contribution in [2.75, 3.05) is 19.6 Å². The summed E-state index contributed by atoms with van der Waals surface area (Å²) in [5.74, 6) is -0.680. The number of hydrogen-bond donors (Lipinski definition) is 3. The Morgan fingerprint density at radius 2 is 1.41 bits per heavy atom. The predicted molar refractivity (Wildman–Crippen MR) is 71.1 cm³/mol. The molecule has 0 saturated carbocycles. The molecule has 4 N–H and O–H groups in total. The van der Waals surface area contributed by atoms with E-state index in [1.165, 1.54) is 19.3 Å².